The van der Waals surface area contributed by atoms with Crippen LogP contribution in [0.1, 0.15) is 18.9 Å². The zero-order valence-electron chi connectivity index (χ0n) is 13.1. The van der Waals surface area contributed by atoms with E-state index in [0.717, 1.165) is 26.5 Å². The maximum Gasteiger partial charge on any atom is 0.210 e. The number of benzene rings is 1. The number of hydrogen-bond acceptors (Lipinski definition) is 4. The second kappa shape index (κ2) is 12.3. The van der Waals surface area contributed by atoms with Gasteiger partial charge >= 0.3 is 0 Å². The molecule has 2 atom stereocenters. The Hall–Kier alpha value is -1.43. The van der Waals surface area contributed by atoms with E-state index in [0.29, 0.717) is 12.5 Å². The molecule has 0 saturated carbocycles. The molecule has 1 amide bonds. The van der Waals surface area contributed by atoms with Gasteiger partial charge in [0.2, 0.25) is 6.41 Å². The molecule has 21 heavy (non-hydrogen) atoms. The monoisotopic (exact) mass is 297 g/mol. The van der Waals surface area contributed by atoms with Gasteiger partial charge in [0.1, 0.15) is 0 Å². The minimum Gasteiger partial charge on any atom is -0.400 e. The van der Waals surface area contributed by atoms with Gasteiger partial charge in [-0.15, -0.1) is 0 Å². The van der Waals surface area contributed by atoms with Crippen molar-refractivity contribution in [1.29, 1.82) is 0 Å². The zero-order valence-corrected chi connectivity index (χ0v) is 13.1. The van der Waals surface area contributed by atoms with Crippen LogP contribution in [0.5, 0.6) is 0 Å². The van der Waals surface area contributed by atoms with Crippen molar-refractivity contribution in [3.8, 4) is 0 Å². The third-order valence-electron chi connectivity index (χ3n) is 3.17. The van der Waals surface area contributed by atoms with Gasteiger partial charge in [-0.1, -0.05) is 37.3 Å². The molecule has 1 aromatic carbocycles. The zero-order chi connectivity index (χ0) is 16.1. The van der Waals surface area contributed by atoms with E-state index in [1.54, 1.807) is 12.0 Å². The molecule has 1 heterocycles. The predicted molar refractivity (Wildman–Crippen MR) is 82.7 cm³/mol. The fourth-order valence-electron chi connectivity index (χ4n) is 2.23. The van der Waals surface area contributed by atoms with Crippen LogP contribution in [-0.4, -0.2) is 54.9 Å². The van der Waals surface area contributed by atoms with Gasteiger partial charge in [0.05, 0.1) is 19.3 Å². The smallest absolute Gasteiger partial charge is 0.210 e. The largest absolute Gasteiger partial charge is 0.400 e. The Morgan fingerprint density at radius 3 is 2.38 bits per heavy atom. The summed E-state index contributed by atoms with van der Waals surface area (Å²) in [5.74, 6) is 0.544. The number of ether oxygens (including phenoxy) is 1. The number of nitrogens with zero attached hydrogens (tertiary/aromatic N) is 1. The van der Waals surface area contributed by atoms with Crippen LogP contribution in [0.25, 0.3) is 0 Å². The summed E-state index contributed by atoms with van der Waals surface area (Å²) in [6.45, 7) is 3.70. The number of likely N-dealkylation sites (tertiary alicyclic amines) is 1. The molecule has 1 aliphatic heterocycles. The highest BCUT2D eigenvalue weighted by atomic mass is 16.5. The topological polar surface area (TPSA) is 70.0 Å². The first kappa shape index (κ1) is 19.6. The van der Waals surface area contributed by atoms with Crippen molar-refractivity contribution >= 4 is 6.41 Å². The van der Waals surface area contributed by atoms with E-state index >= 15 is 0 Å². The Bertz CT molecular complexity index is 359. The Balaban J connectivity index is 0.000000342. The lowest BCUT2D eigenvalue weighted by Gasteiger charge is -2.16. The van der Waals surface area contributed by atoms with E-state index in [1.165, 1.54) is 5.56 Å². The van der Waals surface area contributed by atoms with Crippen molar-refractivity contribution in [1.82, 2.24) is 4.90 Å². The normalized spacial score (nSPS) is 20.0. The van der Waals surface area contributed by atoms with Crippen molar-refractivity contribution in [2.45, 2.75) is 26.0 Å². The molecule has 1 fully saturated rings. The molecular weight excluding hydrogens is 270 g/mol. The number of amides is 1. The fourth-order valence-corrected chi connectivity index (χ4v) is 2.23. The van der Waals surface area contributed by atoms with Crippen molar-refractivity contribution in [2.75, 3.05) is 27.4 Å². The molecule has 120 valence electrons. The number of hydrogen-bond donors (Lipinski definition) is 2. The molecule has 0 bridgehead atoms. The van der Waals surface area contributed by atoms with E-state index < -0.39 is 0 Å². The minimum atomic E-state index is 0.0764. The van der Waals surface area contributed by atoms with E-state index in [2.05, 4.69) is 6.92 Å². The van der Waals surface area contributed by atoms with Crippen LogP contribution in [0.2, 0.25) is 0 Å². The van der Waals surface area contributed by atoms with E-state index in [9.17, 15) is 4.79 Å². The lowest BCUT2D eigenvalue weighted by atomic mass is 10.1. The molecule has 1 aliphatic rings. The van der Waals surface area contributed by atoms with Crippen LogP contribution < -0.4 is 0 Å². The molecule has 1 aromatic rings. The first-order chi connectivity index (χ1) is 10.2. The lowest BCUT2D eigenvalue weighted by Crippen LogP contribution is -2.30. The number of aliphatic hydroxyl groups is 2. The van der Waals surface area contributed by atoms with Crippen molar-refractivity contribution < 1.29 is 19.7 Å². The van der Waals surface area contributed by atoms with Gasteiger partial charge in [-0.3, -0.25) is 4.79 Å². The van der Waals surface area contributed by atoms with Gasteiger partial charge in [0, 0.05) is 20.8 Å². The quantitative estimate of drug-likeness (QED) is 0.822. The van der Waals surface area contributed by atoms with E-state index in [4.69, 9.17) is 14.9 Å². The van der Waals surface area contributed by atoms with Crippen LogP contribution in [0.15, 0.2) is 30.3 Å². The number of carbonyl (C=O) groups excluding carboxylic acids is 1. The predicted octanol–water partition coefficient (Wildman–Crippen LogP) is 1.29. The first-order valence-corrected chi connectivity index (χ1v) is 7.00. The summed E-state index contributed by atoms with van der Waals surface area (Å²) < 4.78 is 4.93. The van der Waals surface area contributed by atoms with Crippen LogP contribution in [-0.2, 0) is 16.1 Å². The van der Waals surface area contributed by atoms with Crippen molar-refractivity contribution in [3.63, 3.8) is 0 Å². The van der Waals surface area contributed by atoms with Crippen molar-refractivity contribution in [3.05, 3.63) is 35.9 Å². The molecule has 2 unspecified atom stereocenters. The standard InChI is InChI=1S/C8H10O.C7H13NO2.CH4O/c1-9-7-8-5-3-2-4-6-8;1-6-2-7(4-9)8(3-6)5-10;1-2/h2-6H,7H2,1H3;5-7,9H,2-4H2,1H3;2H,1H3. The highest BCUT2D eigenvalue weighted by molar-refractivity contribution is 5.48. The third-order valence-corrected chi connectivity index (χ3v) is 3.17. The van der Waals surface area contributed by atoms with Gasteiger partial charge in [0.15, 0.2) is 0 Å². The Labute approximate surface area is 127 Å². The van der Waals surface area contributed by atoms with Gasteiger partial charge in [-0.2, -0.15) is 0 Å². The summed E-state index contributed by atoms with van der Waals surface area (Å²) in [7, 11) is 2.70. The van der Waals surface area contributed by atoms with Crippen molar-refractivity contribution in [2.24, 2.45) is 5.92 Å². The highest BCUT2D eigenvalue weighted by Crippen LogP contribution is 2.20. The summed E-state index contributed by atoms with van der Waals surface area (Å²) >= 11 is 0. The summed E-state index contributed by atoms with van der Waals surface area (Å²) in [6.07, 6.45) is 1.76. The maximum atomic E-state index is 10.3. The lowest BCUT2D eigenvalue weighted by molar-refractivity contribution is -0.119. The van der Waals surface area contributed by atoms with E-state index in [1.807, 2.05) is 30.3 Å². The summed E-state index contributed by atoms with van der Waals surface area (Å²) in [4.78, 5) is 12.0. The molecule has 0 aromatic heterocycles. The van der Waals surface area contributed by atoms with Gasteiger partial charge in [-0.05, 0) is 17.9 Å². The first-order valence-electron chi connectivity index (χ1n) is 7.00. The molecule has 5 nitrogen and oxygen atoms in total. The molecule has 0 radical (unpaired) electrons. The number of carbonyl (C=O) groups is 1. The molecular formula is C16H27NO4. The number of methoxy groups -OCH3 is 1. The van der Waals surface area contributed by atoms with Crippen LogP contribution in [0, 0.1) is 5.92 Å². The molecule has 0 aliphatic carbocycles. The van der Waals surface area contributed by atoms with Crippen LogP contribution in [0.4, 0.5) is 0 Å². The van der Waals surface area contributed by atoms with E-state index in [-0.39, 0.29) is 12.6 Å². The van der Waals surface area contributed by atoms with Gasteiger partial charge in [0.25, 0.3) is 0 Å². The summed E-state index contributed by atoms with van der Waals surface area (Å²) in [6, 6.07) is 10.2. The molecule has 2 N–H and O–H groups in total. The SMILES string of the molecule is CC1CC(CO)N(C=O)C1.CO.COCc1ccccc1. The van der Waals surface area contributed by atoms with Crippen LogP contribution in [0.3, 0.4) is 0 Å². The Kier molecular flexibility index (Phi) is 11.5. The number of aliphatic hydroxyl groups excluding tert-OH is 2. The molecule has 2 rings (SSSR count). The average Bonchev–Trinajstić information content (AvgIpc) is 2.91. The Morgan fingerprint density at radius 2 is 1.95 bits per heavy atom. The fraction of sp³-hybridized carbons (Fsp3) is 0.562. The maximum absolute atomic E-state index is 10.3. The minimum absolute atomic E-state index is 0.0764. The summed E-state index contributed by atoms with van der Waals surface area (Å²) in [5.41, 5.74) is 1.22. The molecule has 5 heteroatoms. The second-order valence-electron chi connectivity index (χ2n) is 4.90. The van der Waals surface area contributed by atoms with Gasteiger partial charge in [-0.25, -0.2) is 0 Å². The van der Waals surface area contributed by atoms with Gasteiger partial charge < -0.3 is 19.8 Å². The molecule has 1 saturated heterocycles. The second-order valence-corrected chi connectivity index (χ2v) is 4.90. The Morgan fingerprint density at radius 1 is 1.33 bits per heavy atom. The third kappa shape index (κ3) is 7.80. The highest BCUT2D eigenvalue weighted by Gasteiger charge is 2.27. The average molecular weight is 297 g/mol. The summed E-state index contributed by atoms with van der Waals surface area (Å²) in [5, 5.41) is 15.8. The number of rotatable bonds is 4. The van der Waals surface area contributed by atoms with Crippen LogP contribution >= 0.6 is 0 Å². The molecule has 0 spiro atoms.